The fourth-order valence-electron chi connectivity index (χ4n) is 3.84. The van der Waals surface area contributed by atoms with Crippen LogP contribution in [0, 0.1) is 13.8 Å². The molecular formula is C25H34N2O4. The SMILES string of the molecule is Cc1ccc(OC[C@H](O)CN(C)Cc2ccc(OCCN3CCCC3=O)cc2)c(C)c1. The Hall–Kier alpha value is -2.57. The molecular weight excluding hydrogens is 392 g/mol. The Morgan fingerprint density at radius 1 is 1.13 bits per heavy atom. The van der Waals surface area contributed by atoms with E-state index >= 15 is 0 Å². The summed E-state index contributed by atoms with van der Waals surface area (Å²) < 4.78 is 11.6. The van der Waals surface area contributed by atoms with E-state index < -0.39 is 6.10 Å². The zero-order chi connectivity index (χ0) is 22.2. The lowest BCUT2D eigenvalue weighted by Gasteiger charge is -2.21. The number of rotatable bonds is 11. The van der Waals surface area contributed by atoms with E-state index in [4.69, 9.17) is 9.47 Å². The van der Waals surface area contributed by atoms with Crippen LogP contribution in [0.1, 0.15) is 29.5 Å². The zero-order valence-corrected chi connectivity index (χ0v) is 18.8. The smallest absolute Gasteiger partial charge is 0.222 e. The molecule has 1 aliphatic rings. The summed E-state index contributed by atoms with van der Waals surface area (Å²) >= 11 is 0. The third-order valence-electron chi connectivity index (χ3n) is 5.46. The quantitative estimate of drug-likeness (QED) is 0.598. The first-order chi connectivity index (χ1) is 14.9. The molecule has 1 saturated heterocycles. The first-order valence-corrected chi connectivity index (χ1v) is 11.0. The maximum absolute atomic E-state index is 11.6. The van der Waals surface area contributed by atoms with Crippen molar-refractivity contribution in [2.45, 2.75) is 39.3 Å². The second-order valence-electron chi connectivity index (χ2n) is 8.41. The van der Waals surface area contributed by atoms with Gasteiger partial charge in [0.15, 0.2) is 0 Å². The number of aryl methyl sites for hydroxylation is 2. The van der Waals surface area contributed by atoms with Crippen molar-refractivity contribution in [2.24, 2.45) is 0 Å². The Morgan fingerprint density at radius 3 is 2.58 bits per heavy atom. The lowest BCUT2D eigenvalue weighted by molar-refractivity contribution is -0.128. The van der Waals surface area contributed by atoms with Crippen molar-refractivity contribution in [3.63, 3.8) is 0 Å². The molecule has 1 fully saturated rings. The first-order valence-electron chi connectivity index (χ1n) is 11.0. The summed E-state index contributed by atoms with van der Waals surface area (Å²) in [4.78, 5) is 15.6. The number of hydrogen-bond donors (Lipinski definition) is 1. The number of aliphatic hydroxyl groups excluding tert-OH is 1. The Kier molecular flexibility index (Phi) is 8.32. The number of amides is 1. The molecule has 1 N–H and O–H groups in total. The van der Waals surface area contributed by atoms with E-state index in [1.54, 1.807) is 0 Å². The number of likely N-dealkylation sites (tertiary alicyclic amines) is 1. The lowest BCUT2D eigenvalue weighted by atomic mass is 10.1. The highest BCUT2D eigenvalue weighted by Crippen LogP contribution is 2.19. The average molecular weight is 427 g/mol. The summed E-state index contributed by atoms with van der Waals surface area (Å²) in [5.41, 5.74) is 3.42. The van der Waals surface area contributed by atoms with Crippen molar-refractivity contribution in [3.8, 4) is 11.5 Å². The lowest BCUT2D eigenvalue weighted by Crippen LogP contribution is -2.32. The van der Waals surface area contributed by atoms with Crippen LogP contribution >= 0.6 is 0 Å². The van der Waals surface area contributed by atoms with Gasteiger partial charge in [0.05, 0.1) is 6.54 Å². The van der Waals surface area contributed by atoms with E-state index in [2.05, 4.69) is 17.9 Å². The van der Waals surface area contributed by atoms with Crippen molar-refractivity contribution in [1.82, 2.24) is 9.80 Å². The second kappa shape index (κ2) is 11.2. The van der Waals surface area contributed by atoms with Crippen LogP contribution in [0.5, 0.6) is 11.5 Å². The molecule has 0 aliphatic carbocycles. The molecule has 0 bridgehead atoms. The highest BCUT2D eigenvalue weighted by atomic mass is 16.5. The number of hydrogen-bond acceptors (Lipinski definition) is 5. The largest absolute Gasteiger partial charge is 0.492 e. The van der Waals surface area contributed by atoms with Gasteiger partial charge in [0.1, 0.15) is 30.8 Å². The fourth-order valence-corrected chi connectivity index (χ4v) is 3.84. The van der Waals surface area contributed by atoms with Gasteiger partial charge in [0.2, 0.25) is 5.91 Å². The molecule has 0 aromatic heterocycles. The van der Waals surface area contributed by atoms with Crippen LogP contribution in [0.4, 0.5) is 0 Å². The predicted octanol–water partition coefficient (Wildman–Crippen LogP) is 3.18. The number of benzene rings is 2. The standard InChI is InChI=1S/C25H34N2O4/c1-19-6-11-24(20(2)15-19)31-18-22(28)17-26(3)16-21-7-9-23(10-8-21)30-14-13-27-12-4-5-25(27)29/h6-11,15,22,28H,4-5,12-14,16-18H2,1-3H3/t22-/m1/s1. The fraction of sp³-hybridized carbons (Fsp3) is 0.480. The molecule has 6 heteroatoms. The number of ether oxygens (including phenoxy) is 2. The van der Waals surface area contributed by atoms with E-state index in [-0.39, 0.29) is 12.5 Å². The topological polar surface area (TPSA) is 62.2 Å². The van der Waals surface area contributed by atoms with E-state index in [1.807, 2.05) is 55.3 Å². The Bertz CT molecular complexity index is 853. The van der Waals surface area contributed by atoms with E-state index in [0.29, 0.717) is 26.1 Å². The molecule has 0 radical (unpaired) electrons. The second-order valence-corrected chi connectivity index (χ2v) is 8.41. The van der Waals surface area contributed by atoms with Crippen LogP contribution < -0.4 is 9.47 Å². The van der Waals surface area contributed by atoms with Crippen LogP contribution in [0.15, 0.2) is 42.5 Å². The van der Waals surface area contributed by atoms with E-state index in [1.165, 1.54) is 5.56 Å². The van der Waals surface area contributed by atoms with Crippen molar-refractivity contribution < 1.29 is 19.4 Å². The molecule has 1 atom stereocenters. The highest BCUT2D eigenvalue weighted by Gasteiger charge is 2.19. The van der Waals surface area contributed by atoms with E-state index in [0.717, 1.165) is 42.1 Å². The van der Waals surface area contributed by atoms with Crippen LogP contribution in [0.25, 0.3) is 0 Å². The molecule has 168 valence electrons. The number of carbonyl (C=O) groups excluding carboxylic acids is 1. The van der Waals surface area contributed by atoms with Crippen LogP contribution in [0.2, 0.25) is 0 Å². The van der Waals surface area contributed by atoms with Crippen LogP contribution in [-0.4, -0.2) is 66.8 Å². The van der Waals surface area contributed by atoms with Gasteiger partial charge in [-0.05, 0) is 56.6 Å². The first kappa shape index (κ1) is 23.1. The third-order valence-corrected chi connectivity index (χ3v) is 5.46. The number of carbonyl (C=O) groups is 1. The normalized spacial score (nSPS) is 14.9. The monoisotopic (exact) mass is 426 g/mol. The number of likely N-dealkylation sites (N-methyl/N-ethyl adjacent to an activating group) is 1. The molecule has 1 aliphatic heterocycles. The van der Waals surface area contributed by atoms with E-state index in [9.17, 15) is 9.90 Å². The van der Waals surface area contributed by atoms with Gasteiger partial charge >= 0.3 is 0 Å². The van der Waals surface area contributed by atoms with Gasteiger partial charge in [0.25, 0.3) is 0 Å². The van der Waals surface area contributed by atoms with Crippen molar-refractivity contribution >= 4 is 5.91 Å². The maximum atomic E-state index is 11.6. The molecule has 3 rings (SSSR count). The highest BCUT2D eigenvalue weighted by molar-refractivity contribution is 5.78. The van der Waals surface area contributed by atoms with Gasteiger partial charge in [-0.2, -0.15) is 0 Å². The zero-order valence-electron chi connectivity index (χ0n) is 18.8. The molecule has 1 amide bonds. The summed E-state index contributed by atoms with van der Waals surface area (Å²) in [5, 5.41) is 10.3. The van der Waals surface area contributed by atoms with Gasteiger partial charge in [-0.1, -0.05) is 29.8 Å². The molecule has 0 unspecified atom stereocenters. The number of aliphatic hydroxyl groups is 1. The van der Waals surface area contributed by atoms with Gasteiger partial charge in [-0.15, -0.1) is 0 Å². The van der Waals surface area contributed by atoms with Gasteiger partial charge in [0, 0.05) is 26.1 Å². The Labute approximate surface area is 185 Å². The molecule has 0 spiro atoms. The van der Waals surface area contributed by atoms with Gasteiger partial charge in [-0.25, -0.2) is 0 Å². The predicted molar refractivity (Wildman–Crippen MR) is 122 cm³/mol. The summed E-state index contributed by atoms with van der Waals surface area (Å²) in [6.45, 7) is 7.57. The van der Waals surface area contributed by atoms with Crippen molar-refractivity contribution in [2.75, 3.05) is 39.9 Å². The minimum absolute atomic E-state index is 0.226. The van der Waals surface area contributed by atoms with Gasteiger partial charge < -0.3 is 19.5 Å². The summed E-state index contributed by atoms with van der Waals surface area (Å²) in [6, 6.07) is 14.0. The summed E-state index contributed by atoms with van der Waals surface area (Å²) in [7, 11) is 1.98. The Balaban J connectivity index is 1.37. The maximum Gasteiger partial charge on any atom is 0.222 e. The third kappa shape index (κ3) is 7.26. The number of nitrogens with zero attached hydrogens (tertiary/aromatic N) is 2. The van der Waals surface area contributed by atoms with Crippen LogP contribution in [0.3, 0.4) is 0 Å². The van der Waals surface area contributed by atoms with Crippen molar-refractivity contribution in [3.05, 3.63) is 59.2 Å². The molecule has 6 nitrogen and oxygen atoms in total. The minimum atomic E-state index is -0.568. The van der Waals surface area contributed by atoms with Crippen LogP contribution in [-0.2, 0) is 11.3 Å². The molecule has 2 aromatic rings. The molecule has 2 aromatic carbocycles. The molecule has 1 heterocycles. The summed E-state index contributed by atoms with van der Waals surface area (Å²) in [5.74, 6) is 1.85. The summed E-state index contributed by atoms with van der Waals surface area (Å²) in [6.07, 6.45) is 1.05. The van der Waals surface area contributed by atoms with Crippen molar-refractivity contribution in [1.29, 1.82) is 0 Å². The minimum Gasteiger partial charge on any atom is -0.492 e. The molecule has 0 saturated carbocycles. The molecule has 31 heavy (non-hydrogen) atoms. The van der Waals surface area contributed by atoms with Gasteiger partial charge in [-0.3, -0.25) is 9.69 Å². The Morgan fingerprint density at radius 2 is 1.90 bits per heavy atom. The average Bonchev–Trinajstić information content (AvgIpc) is 3.13.